The van der Waals surface area contributed by atoms with Gasteiger partial charge in [-0.3, -0.25) is 4.79 Å². The van der Waals surface area contributed by atoms with E-state index in [0.717, 1.165) is 19.5 Å². The molecule has 2 fully saturated rings. The van der Waals surface area contributed by atoms with Crippen molar-refractivity contribution in [3.8, 4) is 0 Å². The lowest BCUT2D eigenvalue weighted by molar-refractivity contribution is -0.137. The minimum atomic E-state index is -3.53. The molecule has 1 unspecified atom stereocenters. The zero-order chi connectivity index (χ0) is 21.8. The van der Waals surface area contributed by atoms with Crippen molar-refractivity contribution in [2.75, 3.05) is 44.2 Å². The third kappa shape index (κ3) is 5.22. The minimum absolute atomic E-state index is 0.0744. The number of piperazine rings is 1. The average Bonchev–Trinajstić information content (AvgIpc) is 2.81. The Kier molecular flexibility index (Phi) is 6.84. The molecule has 2 aromatic carbocycles. The monoisotopic (exact) mass is 461 g/mol. The number of amides is 1. The number of carbonyl (C=O) groups is 1. The molecule has 0 bridgehead atoms. The minimum Gasteiger partial charge on any atom is -0.368 e. The molecule has 2 saturated heterocycles. The van der Waals surface area contributed by atoms with Gasteiger partial charge in [-0.25, -0.2) is 12.7 Å². The number of sulfonamides is 1. The normalized spacial score (nSPS) is 20.6. The molecule has 0 aliphatic carbocycles. The molecule has 6 nitrogen and oxygen atoms in total. The molecule has 0 radical (unpaired) electrons. The standard InChI is InChI=1S/C23H28ClN3O3S/c24-22-11-5-4-7-20(22)18-31(29,30)27-12-6-8-19(17-27)23(28)26-15-13-25(14-16-26)21-9-2-1-3-10-21/h1-5,7,9-11,19H,6,8,12-18H2. The van der Waals surface area contributed by atoms with Crippen LogP contribution in [0, 0.1) is 5.92 Å². The Labute approximate surface area is 189 Å². The van der Waals surface area contributed by atoms with Crippen LogP contribution in [-0.2, 0) is 20.6 Å². The van der Waals surface area contributed by atoms with Gasteiger partial charge in [0.1, 0.15) is 0 Å². The van der Waals surface area contributed by atoms with Crippen LogP contribution in [0.3, 0.4) is 0 Å². The van der Waals surface area contributed by atoms with Gasteiger partial charge >= 0.3 is 0 Å². The molecule has 31 heavy (non-hydrogen) atoms. The van der Waals surface area contributed by atoms with Gasteiger partial charge in [0.2, 0.25) is 15.9 Å². The molecule has 2 heterocycles. The molecule has 8 heteroatoms. The zero-order valence-corrected chi connectivity index (χ0v) is 19.1. The molecule has 1 amide bonds. The second-order valence-electron chi connectivity index (χ2n) is 8.19. The first kappa shape index (κ1) is 22.1. The topological polar surface area (TPSA) is 60.9 Å². The van der Waals surface area contributed by atoms with Crippen molar-refractivity contribution in [1.29, 1.82) is 0 Å². The van der Waals surface area contributed by atoms with Gasteiger partial charge in [0.25, 0.3) is 0 Å². The van der Waals surface area contributed by atoms with Gasteiger partial charge in [-0.05, 0) is 36.6 Å². The maximum atomic E-state index is 13.1. The number of hydrogen-bond donors (Lipinski definition) is 0. The number of carbonyl (C=O) groups excluding carboxylic acids is 1. The van der Waals surface area contributed by atoms with E-state index in [1.165, 1.54) is 9.99 Å². The van der Waals surface area contributed by atoms with Crippen molar-refractivity contribution in [3.05, 3.63) is 65.2 Å². The lowest BCUT2D eigenvalue weighted by Crippen LogP contribution is -2.53. The molecule has 0 aromatic heterocycles. The third-order valence-corrected chi connectivity index (χ3v) is 8.30. The van der Waals surface area contributed by atoms with Gasteiger partial charge in [-0.1, -0.05) is 48.0 Å². The van der Waals surface area contributed by atoms with Crippen LogP contribution in [0.5, 0.6) is 0 Å². The van der Waals surface area contributed by atoms with Crippen LogP contribution in [-0.4, -0.2) is 62.8 Å². The fourth-order valence-electron chi connectivity index (χ4n) is 4.38. The van der Waals surface area contributed by atoms with Crippen LogP contribution in [0.15, 0.2) is 54.6 Å². The molecule has 2 aromatic rings. The van der Waals surface area contributed by atoms with Gasteiger partial charge in [0.15, 0.2) is 0 Å². The highest BCUT2D eigenvalue weighted by atomic mass is 35.5. The summed E-state index contributed by atoms with van der Waals surface area (Å²) < 4.78 is 27.4. The lowest BCUT2D eigenvalue weighted by Gasteiger charge is -2.39. The van der Waals surface area contributed by atoms with Gasteiger partial charge in [0, 0.05) is 50.0 Å². The molecule has 0 N–H and O–H groups in total. The van der Waals surface area contributed by atoms with Gasteiger partial charge in [0.05, 0.1) is 11.7 Å². The number of nitrogens with zero attached hydrogens (tertiary/aromatic N) is 3. The summed E-state index contributed by atoms with van der Waals surface area (Å²) in [5.41, 5.74) is 1.76. The molecule has 0 saturated carbocycles. The number of para-hydroxylation sites is 1. The van der Waals surface area contributed by atoms with E-state index in [-0.39, 0.29) is 24.1 Å². The number of halogens is 1. The zero-order valence-electron chi connectivity index (χ0n) is 17.5. The van der Waals surface area contributed by atoms with Crippen molar-refractivity contribution in [2.45, 2.75) is 18.6 Å². The number of anilines is 1. The Balaban J connectivity index is 1.36. The Morgan fingerprint density at radius 2 is 1.61 bits per heavy atom. The predicted octanol–water partition coefficient (Wildman–Crippen LogP) is 3.23. The van der Waals surface area contributed by atoms with Crippen LogP contribution in [0.2, 0.25) is 5.02 Å². The first-order valence-electron chi connectivity index (χ1n) is 10.7. The molecule has 2 aliphatic heterocycles. The van der Waals surface area contributed by atoms with Gasteiger partial charge < -0.3 is 9.80 Å². The SMILES string of the molecule is O=C(C1CCCN(S(=O)(=O)Cc2ccccc2Cl)C1)N1CCN(c2ccccc2)CC1. The molecular formula is C23H28ClN3O3S. The molecular weight excluding hydrogens is 434 g/mol. The quantitative estimate of drug-likeness (QED) is 0.685. The van der Waals surface area contributed by atoms with Crippen molar-refractivity contribution >= 4 is 33.2 Å². The van der Waals surface area contributed by atoms with E-state index < -0.39 is 10.0 Å². The highest BCUT2D eigenvalue weighted by molar-refractivity contribution is 7.88. The summed E-state index contributed by atoms with van der Waals surface area (Å²) in [6.07, 6.45) is 1.43. The first-order chi connectivity index (χ1) is 14.9. The maximum Gasteiger partial charge on any atom is 0.227 e. The van der Waals surface area contributed by atoms with Crippen LogP contribution in [0.4, 0.5) is 5.69 Å². The summed E-state index contributed by atoms with van der Waals surface area (Å²) in [7, 11) is -3.53. The van der Waals surface area contributed by atoms with Crippen molar-refractivity contribution in [2.24, 2.45) is 5.92 Å². The van der Waals surface area contributed by atoms with E-state index >= 15 is 0 Å². The summed E-state index contributed by atoms with van der Waals surface area (Å²) in [4.78, 5) is 17.3. The summed E-state index contributed by atoms with van der Waals surface area (Å²) >= 11 is 6.16. The smallest absolute Gasteiger partial charge is 0.227 e. The largest absolute Gasteiger partial charge is 0.368 e. The summed E-state index contributed by atoms with van der Waals surface area (Å²) in [6.45, 7) is 3.62. The predicted molar refractivity (Wildman–Crippen MR) is 124 cm³/mol. The second kappa shape index (κ2) is 9.59. The number of benzene rings is 2. The van der Waals surface area contributed by atoms with Gasteiger partial charge in [-0.15, -0.1) is 0 Å². The molecule has 2 aliphatic rings. The van der Waals surface area contributed by atoms with E-state index in [0.29, 0.717) is 36.6 Å². The molecule has 4 rings (SSSR count). The first-order valence-corrected chi connectivity index (χ1v) is 12.7. The Morgan fingerprint density at radius 3 is 2.32 bits per heavy atom. The van der Waals surface area contributed by atoms with Crippen LogP contribution < -0.4 is 4.90 Å². The lowest BCUT2D eigenvalue weighted by atomic mass is 9.97. The van der Waals surface area contributed by atoms with Crippen molar-refractivity contribution < 1.29 is 13.2 Å². The Bertz CT molecular complexity index is 1010. The number of hydrogen-bond acceptors (Lipinski definition) is 4. The van der Waals surface area contributed by atoms with E-state index in [4.69, 9.17) is 11.6 Å². The fourth-order valence-corrected chi connectivity index (χ4v) is 6.31. The van der Waals surface area contributed by atoms with E-state index in [1.807, 2.05) is 23.1 Å². The van der Waals surface area contributed by atoms with Gasteiger partial charge in [-0.2, -0.15) is 0 Å². The number of piperidine rings is 1. The summed E-state index contributed by atoms with van der Waals surface area (Å²) in [6, 6.07) is 17.2. The van der Waals surface area contributed by atoms with Crippen LogP contribution >= 0.6 is 11.6 Å². The highest BCUT2D eigenvalue weighted by Crippen LogP contribution is 2.26. The van der Waals surface area contributed by atoms with Crippen molar-refractivity contribution in [3.63, 3.8) is 0 Å². The average molecular weight is 462 g/mol. The van der Waals surface area contributed by atoms with Crippen molar-refractivity contribution in [1.82, 2.24) is 9.21 Å². The Morgan fingerprint density at radius 1 is 0.935 bits per heavy atom. The molecule has 0 spiro atoms. The Hall–Kier alpha value is -2.09. The molecule has 166 valence electrons. The summed E-state index contributed by atoms with van der Waals surface area (Å²) in [5, 5.41) is 0.451. The van der Waals surface area contributed by atoms with Crippen LogP contribution in [0.1, 0.15) is 18.4 Å². The fraction of sp³-hybridized carbons (Fsp3) is 0.435. The third-order valence-electron chi connectivity index (χ3n) is 6.14. The summed E-state index contributed by atoms with van der Waals surface area (Å²) in [5.74, 6) is -0.341. The highest BCUT2D eigenvalue weighted by Gasteiger charge is 2.35. The second-order valence-corrected chi connectivity index (χ2v) is 10.6. The van der Waals surface area contributed by atoms with E-state index in [2.05, 4.69) is 17.0 Å². The number of rotatable bonds is 5. The van der Waals surface area contributed by atoms with Crippen LogP contribution in [0.25, 0.3) is 0 Å². The maximum absolute atomic E-state index is 13.1. The van der Waals surface area contributed by atoms with E-state index in [9.17, 15) is 13.2 Å². The van der Waals surface area contributed by atoms with E-state index in [1.54, 1.807) is 24.3 Å². The molecule has 1 atom stereocenters.